The minimum atomic E-state index is -0.113. The zero-order valence-corrected chi connectivity index (χ0v) is 13.0. The number of rotatable bonds is 3. The highest BCUT2D eigenvalue weighted by molar-refractivity contribution is 5.54. The van der Waals surface area contributed by atoms with Crippen molar-refractivity contribution in [3.63, 3.8) is 0 Å². The maximum absolute atomic E-state index is 14.2. The molecule has 1 heterocycles. The summed E-state index contributed by atoms with van der Waals surface area (Å²) in [6.45, 7) is 10.9. The van der Waals surface area contributed by atoms with Crippen LogP contribution in [0.15, 0.2) is 18.2 Å². The van der Waals surface area contributed by atoms with Crippen LogP contribution in [0.5, 0.6) is 0 Å². The first-order valence-corrected chi connectivity index (χ1v) is 7.33. The zero-order valence-electron chi connectivity index (χ0n) is 13.0. The van der Waals surface area contributed by atoms with Crippen molar-refractivity contribution in [3.8, 4) is 0 Å². The van der Waals surface area contributed by atoms with Crippen molar-refractivity contribution in [2.45, 2.75) is 32.9 Å². The van der Waals surface area contributed by atoms with Crippen molar-refractivity contribution in [1.82, 2.24) is 10.2 Å². The van der Waals surface area contributed by atoms with Gasteiger partial charge < -0.3 is 15.1 Å². The standard InChI is InChI=1S/C16H26FN3/c1-16(2,3)18-12-13-14(17)6-5-7-15(13)20-10-8-19(4)9-11-20/h5-7,18H,8-12H2,1-4H3. The highest BCUT2D eigenvalue weighted by Crippen LogP contribution is 2.25. The molecule has 1 aromatic rings. The van der Waals surface area contributed by atoms with E-state index < -0.39 is 0 Å². The molecule has 0 amide bonds. The fourth-order valence-corrected chi connectivity index (χ4v) is 2.42. The fraction of sp³-hybridized carbons (Fsp3) is 0.625. The molecule has 0 saturated carbocycles. The van der Waals surface area contributed by atoms with Crippen LogP contribution in [0.3, 0.4) is 0 Å². The van der Waals surface area contributed by atoms with E-state index in [1.807, 2.05) is 12.1 Å². The van der Waals surface area contributed by atoms with E-state index in [0.29, 0.717) is 6.54 Å². The van der Waals surface area contributed by atoms with Crippen molar-refractivity contribution >= 4 is 5.69 Å². The highest BCUT2D eigenvalue weighted by Gasteiger charge is 2.20. The van der Waals surface area contributed by atoms with Crippen LogP contribution < -0.4 is 10.2 Å². The topological polar surface area (TPSA) is 18.5 Å². The SMILES string of the molecule is CN1CCN(c2cccc(F)c2CNC(C)(C)C)CC1. The van der Waals surface area contributed by atoms with Gasteiger partial charge in [-0.25, -0.2) is 4.39 Å². The van der Waals surface area contributed by atoms with Crippen molar-refractivity contribution in [1.29, 1.82) is 0 Å². The Kier molecular flexibility index (Phi) is 4.66. The van der Waals surface area contributed by atoms with E-state index >= 15 is 0 Å². The van der Waals surface area contributed by atoms with Crippen LogP contribution in [0.1, 0.15) is 26.3 Å². The predicted molar refractivity (Wildman–Crippen MR) is 82.7 cm³/mol. The second kappa shape index (κ2) is 6.10. The van der Waals surface area contributed by atoms with Gasteiger partial charge in [0, 0.05) is 49.5 Å². The molecule has 1 aromatic carbocycles. The summed E-state index contributed by atoms with van der Waals surface area (Å²) < 4.78 is 14.2. The zero-order chi connectivity index (χ0) is 14.8. The van der Waals surface area contributed by atoms with E-state index in [1.54, 1.807) is 6.07 Å². The number of hydrogen-bond acceptors (Lipinski definition) is 3. The third-order valence-electron chi connectivity index (χ3n) is 3.73. The van der Waals surface area contributed by atoms with Gasteiger partial charge in [-0.2, -0.15) is 0 Å². The quantitative estimate of drug-likeness (QED) is 0.917. The van der Waals surface area contributed by atoms with Crippen LogP contribution in [0, 0.1) is 5.82 Å². The van der Waals surface area contributed by atoms with Crippen LogP contribution in [-0.2, 0) is 6.54 Å². The molecule has 1 N–H and O–H groups in total. The van der Waals surface area contributed by atoms with Crippen LogP contribution >= 0.6 is 0 Å². The largest absolute Gasteiger partial charge is 0.369 e. The van der Waals surface area contributed by atoms with E-state index in [1.165, 1.54) is 0 Å². The number of nitrogens with one attached hydrogen (secondary N) is 1. The average molecular weight is 279 g/mol. The molecule has 0 spiro atoms. The lowest BCUT2D eigenvalue weighted by molar-refractivity contribution is 0.312. The first-order valence-electron chi connectivity index (χ1n) is 7.33. The van der Waals surface area contributed by atoms with Gasteiger partial charge in [-0.1, -0.05) is 6.07 Å². The van der Waals surface area contributed by atoms with Gasteiger partial charge >= 0.3 is 0 Å². The van der Waals surface area contributed by atoms with Gasteiger partial charge in [-0.05, 0) is 40.0 Å². The van der Waals surface area contributed by atoms with Crippen molar-refractivity contribution in [2.75, 3.05) is 38.1 Å². The van der Waals surface area contributed by atoms with Crippen molar-refractivity contribution < 1.29 is 4.39 Å². The van der Waals surface area contributed by atoms with Crippen LogP contribution in [0.4, 0.5) is 10.1 Å². The molecule has 1 aliphatic heterocycles. The molecule has 112 valence electrons. The normalized spacial score (nSPS) is 17.6. The summed E-state index contributed by atoms with van der Waals surface area (Å²) in [6, 6.07) is 5.40. The van der Waals surface area contributed by atoms with Gasteiger partial charge in [0.05, 0.1) is 0 Å². The Morgan fingerprint density at radius 1 is 1.15 bits per heavy atom. The minimum Gasteiger partial charge on any atom is -0.369 e. The Labute approximate surface area is 121 Å². The Morgan fingerprint density at radius 3 is 2.40 bits per heavy atom. The molecule has 1 fully saturated rings. The molecule has 3 nitrogen and oxygen atoms in total. The maximum atomic E-state index is 14.2. The van der Waals surface area contributed by atoms with E-state index in [0.717, 1.165) is 37.4 Å². The lowest BCUT2D eigenvalue weighted by Crippen LogP contribution is -2.45. The number of piperazine rings is 1. The van der Waals surface area contributed by atoms with Gasteiger partial charge in [0.25, 0.3) is 0 Å². The number of hydrogen-bond donors (Lipinski definition) is 1. The molecule has 0 atom stereocenters. The van der Waals surface area contributed by atoms with Crippen molar-refractivity contribution in [2.24, 2.45) is 0 Å². The fourth-order valence-electron chi connectivity index (χ4n) is 2.42. The molecule has 20 heavy (non-hydrogen) atoms. The van der Waals surface area contributed by atoms with E-state index in [-0.39, 0.29) is 11.4 Å². The summed E-state index contributed by atoms with van der Waals surface area (Å²) in [4.78, 5) is 4.60. The number of nitrogens with zero attached hydrogens (tertiary/aromatic N) is 2. The number of likely N-dealkylation sites (N-methyl/N-ethyl adjacent to an activating group) is 1. The summed E-state index contributed by atoms with van der Waals surface area (Å²) in [5, 5.41) is 3.39. The third-order valence-corrected chi connectivity index (χ3v) is 3.73. The summed E-state index contributed by atoms with van der Waals surface area (Å²) in [7, 11) is 2.13. The summed E-state index contributed by atoms with van der Waals surface area (Å²) in [5.74, 6) is -0.113. The second-order valence-corrected chi connectivity index (χ2v) is 6.63. The Hall–Kier alpha value is -1.13. The van der Waals surface area contributed by atoms with Crippen LogP contribution in [0.2, 0.25) is 0 Å². The molecule has 1 aliphatic rings. The average Bonchev–Trinajstić information content (AvgIpc) is 2.37. The first-order chi connectivity index (χ1) is 9.37. The van der Waals surface area contributed by atoms with Crippen LogP contribution in [-0.4, -0.2) is 43.7 Å². The molecule has 0 radical (unpaired) electrons. The third kappa shape index (κ3) is 3.93. The molecule has 0 bridgehead atoms. The first kappa shape index (κ1) is 15.3. The van der Waals surface area contributed by atoms with E-state index in [2.05, 4.69) is 42.9 Å². The Balaban J connectivity index is 2.17. The lowest BCUT2D eigenvalue weighted by Gasteiger charge is -2.35. The molecule has 0 aliphatic carbocycles. The summed E-state index contributed by atoms with van der Waals surface area (Å²) in [6.07, 6.45) is 0. The van der Waals surface area contributed by atoms with Gasteiger partial charge in [0.1, 0.15) is 5.82 Å². The molecular weight excluding hydrogens is 253 g/mol. The smallest absolute Gasteiger partial charge is 0.129 e. The molecule has 2 rings (SSSR count). The maximum Gasteiger partial charge on any atom is 0.129 e. The van der Waals surface area contributed by atoms with Gasteiger partial charge in [0.15, 0.2) is 0 Å². The van der Waals surface area contributed by atoms with Gasteiger partial charge in [0.2, 0.25) is 0 Å². The highest BCUT2D eigenvalue weighted by atomic mass is 19.1. The summed E-state index contributed by atoms with van der Waals surface area (Å²) in [5.41, 5.74) is 1.81. The molecular formula is C16H26FN3. The molecule has 0 unspecified atom stereocenters. The van der Waals surface area contributed by atoms with Crippen LogP contribution in [0.25, 0.3) is 0 Å². The number of anilines is 1. The minimum absolute atomic E-state index is 0.0122. The lowest BCUT2D eigenvalue weighted by atomic mass is 10.1. The Bertz CT molecular complexity index is 446. The van der Waals surface area contributed by atoms with E-state index in [9.17, 15) is 4.39 Å². The molecule has 0 aromatic heterocycles. The second-order valence-electron chi connectivity index (χ2n) is 6.63. The monoisotopic (exact) mass is 279 g/mol. The van der Waals surface area contributed by atoms with E-state index in [4.69, 9.17) is 0 Å². The number of halogens is 1. The Morgan fingerprint density at radius 2 is 1.80 bits per heavy atom. The number of benzene rings is 1. The summed E-state index contributed by atoms with van der Waals surface area (Å²) >= 11 is 0. The van der Waals surface area contributed by atoms with Gasteiger partial charge in [-0.3, -0.25) is 0 Å². The molecule has 1 saturated heterocycles. The van der Waals surface area contributed by atoms with Crippen molar-refractivity contribution in [3.05, 3.63) is 29.6 Å². The van der Waals surface area contributed by atoms with Gasteiger partial charge in [-0.15, -0.1) is 0 Å². The molecule has 4 heteroatoms. The predicted octanol–water partition coefficient (Wildman–Crippen LogP) is 2.47.